The van der Waals surface area contributed by atoms with Crippen LogP contribution in [0.25, 0.3) is 11.0 Å². The molecule has 0 spiro atoms. The van der Waals surface area contributed by atoms with E-state index in [9.17, 15) is 0 Å². The predicted molar refractivity (Wildman–Crippen MR) is 108 cm³/mol. The van der Waals surface area contributed by atoms with E-state index in [-0.39, 0.29) is 0 Å². The quantitative estimate of drug-likeness (QED) is 0.751. The van der Waals surface area contributed by atoms with E-state index >= 15 is 0 Å². The summed E-state index contributed by atoms with van der Waals surface area (Å²) in [5.41, 5.74) is 6.06. The van der Waals surface area contributed by atoms with Crippen LogP contribution in [0.2, 0.25) is 0 Å². The summed E-state index contributed by atoms with van der Waals surface area (Å²) in [5, 5.41) is 11.6. The highest BCUT2D eigenvalue weighted by molar-refractivity contribution is 5.81. The van der Waals surface area contributed by atoms with Gasteiger partial charge in [0.25, 0.3) is 0 Å². The summed E-state index contributed by atoms with van der Waals surface area (Å²) >= 11 is 0. The zero-order valence-electron chi connectivity index (χ0n) is 15.8. The lowest BCUT2D eigenvalue weighted by Crippen LogP contribution is -2.32. The van der Waals surface area contributed by atoms with Crippen LogP contribution < -0.4 is 15.8 Å². The molecule has 3 aromatic rings. The van der Waals surface area contributed by atoms with Gasteiger partial charge in [-0.25, -0.2) is 0 Å². The van der Waals surface area contributed by atoms with Crippen molar-refractivity contribution in [2.75, 3.05) is 23.3 Å². The van der Waals surface area contributed by atoms with Gasteiger partial charge in [0.1, 0.15) is 0 Å². The number of aromatic nitrogens is 2. The number of aryl methyl sites for hydroxylation is 2. The fourth-order valence-electron chi connectivity index (χ4n) is 3.80. The highest BCUT2D eigenvalue weighted by Crippen LogP contribution is 2.26. The Hall–Kier alpha value is -2.69. The Morgan fingerprint density at radius 3 is 2.19 bits per heavy atom. The lowest BCUT2D eigenvalue weighted by atomic mass is 9.99. The second-order valence-corrected chi connectivity index (χ2v) is 7.49. The van der Waals surface area contributed by atoms with E-state index in [4.69, 9.17) is 5.41 Å². The number of fused-ring (bicyclic) bond motifs is 1. The molecule has 0 atom stereocenters. The van der Waals surface area contributed by atoms with Gasteiger partial charge in [-0.15, -0.1) is 0 Å². The molecule has 0 radical (unpaired) electrons. The molecule has 0 bridgehead atoms. The summed E-state index contributed by atoms with van der Waals surface area (Å²) in [6.45, 7) is 4.66. The molecule has 2 heterocycles. The first-order valence-electron chi connectivity index (χ1n) is 9.35. The number of rotatable bonds is 3. The van der Waals surface area contributed by atoms with Crippen LogP contribution in [0.1, 0.15) is 19.8 Å². The number of anilines is 3. The smallest absolute Gasteiger partial charge is 0.202 e. The molecular weight excluding hydrogens is 322 g/mol. The topological polar surface area (TPSA) is 49.0 Å². The lowest BCUT2D eigenvalue weighted by molar-refractivity contribution is 0.438. The summed E-state index contributed by atoms with van der Waals surface area (Å²) in [5.74, 6) is 0.852. The minimum Gasteiger partial charge on any atom is -0.372 e. The molecule has 5 heteroatoms. The van der Waals surface area contributed by atoms with Crippen molar-refractivity contribution in [2.24, 2.45) is 20.0 Å². The number of nitrogens with one attached hydrogen (secondary N) is 2. The number of hydrogen-bond donors (Lipinski definition) is 2. The van der Waals surface area contributed by atoms with Crippen molar-refractivity contribution >= 4 is 28.1 Å². The fourth-order valence-corrected chi connectivity index (χ4v) is 3.80. The molecule has 2 N–H and O–H groups in total. The highest BCUT2D eigenvalue weighted by Gasteiger charge is 2.15. The average Bonchev–Trinajstić information content (AvgIpc) is 2.87. The van der Waals surface area contributed by atoms with Crippen molar-refractivity contribution in [3.8, 4) is 0 Å². The van der Waals surface area contributed by atoms with Crippen LogP contribution in [0.3, 0.4) is 0 Å². The van der Waals surface area contributed by atoms with Crippen LogP contribution in [0.15, 0.2) is 42.5 Å². The van der Waals surface area contributed by atoms with Crippen LogP contribution in [0, 0.1) is 11.3 Å². The Morgan fingerprint density at radius 2 is 1.50 bits per heavy atom. The molecule has 1 aliphatic rings. The third-order valence-electron chi connectivity index (χ3n) is 5.64. The van der Waals surface area contributed by atoms with E-state index in [1.54, 1.807) is 0 Å². The van der Waals surface area contributed by atoms with Crippen LogP contribution in [0.4, 0.5) is 17.1 Å². The first-order valence-corrected chi connectivity index (χ1v) is 9.35. The Kier molecular flexibility index (Phi) is 4.23. The van der Waals surface area contributed by atoms with Gasteiger partial charge in [-0.05, 0) is 61.2 Å². The Morgan fingerprint density at radius 1 is 0.885 bits per heavy atom. The van der Waals surface area contributed by atoms with Crippen LogP contribution >= 0.6 is 0 Å². The minimum atomic E-state index is 0.498. The first kappa shape index (κ1) is 16.8. The van der Waals surface area contributed by atoms with Gasteiger partial charge in [0.2, 0.25) is 5.62 Å². The Bertz CT molecular complexity index is 972. The monoisotopic (exact) mass is 349 g/mol. The van der Waals surface area contributed by atoms with E-state index in [1.165, 1.54) is 18.5 Å². The molecule has 136 valence electrons. The maximum atomic E-state index is 8.10. The summed E-state index contributed by atoms with van der Waals surface area (Å²) in [6.07, 6.45) is 2.57. The number of imidazole rings is 1. The third-order valence-corrected chi connectivity index (χ3v) is 5.64. The second kappa shape index (κ2) is 6.56. The van der Waals surface area contributed by atoms with Gasteiger partial charge in [-0.1, -0.05) is 6.92 Å². The van der Waals surface area contributed by atoms with E-state index < -0.39 is 0 Å². The summed E-state index contributed by atoms with van der Waals surface area (Å²) in [4.78, 5) is 2.48. The maximum absolute atomic E-state index is 8.10. The molecule has 1 fully saturated rings. The fraction of sp³-hybridized carbons (Fsp3) is 0.381. The average molecular weight is 349 g/mol. The van der Waals surface area contributed by atoms with Crippen LogP contribution in [-0.2, 0) is 14.1 Å². The molecule has 0 unspecified atom stereocenters. The lowest BCUT2D eigenvalue weighted by Gasteiger charge is -2.32. The zero-order chi connectivity index (χ0) is 18.3. The molecule has 0 aliphatic carbocycles. The number of benzene rings is 2. The number of nitrogens with zero attached hydrogens (tertiary/aromatic N) is 3. The Balaban J connectivity index is 1.53. The SMILES string of the molecule is CC1CCN(c2ccc(Nc3ccc4c(c3)n(C)c(=N)n4C)cc2)CC1. The maximum Gasteiger partial charge on any atom is 0.202 e. The molecule has 4 rings (SSSR count). The minimum absolute atomic E-state index is 0.498. The molecule has 5 nitrogen and oxygen atoms in total. The van der Waals surface area contributed by atoms with Gasteiger partial charge in [-0.2, -0.15) is 0 Å². The standard InChI is InChI=1S/C21H27N5/c1-15-10-12-26(13-11-15)18-7-4-16(5-8-18)23-17-6-9-19-20(14-17)25(3)21(22)24(19)2/h4-9,14-15,22-23H,10-13H2,1-3H3. The van der Waals surface area contributed by atoms with Crippen molar-refractivity contribution in [3.63, 3.8) is 0 Å². The molecule has 2 aromatic carbocycles. The van der Waals surface area contributed by atoms with Crippen LogP contribution in [-0.4, -0.2) is 22.2 Å². The van der Waals surface area contributed by atoms with Gasteiger partial charge >= 0.3 is 0 Å². The summed E-state index contributed by atoms with van der Waals surface area (Å²) < 4.78 is 3.80. The molecule has 1 aliphatic heterocycles. The molecule has 1 saturated heterocycles. The van der Waals surface area contributed by atoms with Crippen LogP contribution in [0.5, 0.6) is 0 Å². The molecule has 0 amide bonds. The van der Waals surface area contributed by atoms with E-state index in [1.807, 2.05) is 23.2 Å². The Labute approximate surface area is 154 Å². The van der Waals surface area contributed by atoms with E-state index in [2.05, 4.69) is 59.6 Å². The van der Waals surface area contributed by atoms with Gasteiger partial charge in [-0.3, -0.25) is 5.41 Å². The number of piperidine rings is 1. The second-order valence-electron chi connectivity index (χ2n) is 7.49. The van der Waals surface area contributed by atoms with Crippen molar-refractivity contribution in [1.82, 2.24) is 9.13 Å². The van der Waals surface area contributed by atoms with Crippen molar-refractivity contribution in [1.29, 1.82) is 5.41 Å². The van der Waals surface area contributed by atoms with Crippen molar-refractivity contribution < 1.29 is 0 Å². The van der Waals surface area contributed by atoms with Crippen molar-refractivity contribution in [2.45, 2.75) is 19.8 Å². The van der Waals surface area contributed by atoms with Gasteiger partial charge in [0, 0.05) is 44.2 Å². The number of hydrogen-bond acceptors (Lipinski definition) is 3. The summed E-state index contributed by atoms with van der Waals surface area (Å²) in [7, 11) is 3.86. The van der Waals surface area contributed by atoms with Crippen molar-refractivity contribution in [3.05, 3.63) is 48.1 Å². The van der Waals surface area contributed by atoms with Gasteiger partial charge in [0.15, 0.2) is 0 Å². The molecule has 0 saturated carbocycles. The molecule has 1 aromatic heterocycles. The largest absolute Gasteiger partial charge is 0.372 e. The molecule has 26 heavy (non-hydrogen) atoms. The van der Waals surface area contributed by atoms with E-state index in [0.29, 0.717) is 5.62 Å². The van der Waals surface area contributed by atoms with Gasteiger partial charge in [0.05, 0.1) is 11.0 Å². The predicted octanol–water partition coefficient (Wildman–Crippen LogP) is 3.98. The first-order chi connectivity index (χ1) is 12.5. The third kappa shape index (κ3) is 2.98. The highest BCUT2D eigenvalue weighted by atomic mass is 15.2. The van der Waals surface area contributed by atoms with Gasteiger partial charge < -0.3 is 19.4 Å². The zero-order valence-corrected chi connectivity index (χ0v) is 15.8. The normalized spacial score (nSPS) is 15.6. The summed E-state index contributed by atoms with van der Waals surface area (Å²) in [6, 6.07) is 15.0. The van der Waals surface area contributed by atoms with E-state index in [0.717, 1.165) is 41.4 Å². The molecular formula is C21H27N5.